The number of aliphatic imine (C=N–C) groups is 1. The number of aromatic nitrogens is 1. The number of hydrogen-bond donors (Lipinski definition) is 3. The van der Waals surface area contributed by atoms with E-state index in [1.807, 2.05) is 13.0 Å². The van der Waals surface area contributed by atoms with E-state index in [4.69, 9.17) is 11.6 Å². The first-order valence-electron chi connectivity index (χ1n) is 9.83. The highest BCUT2D eigenvalue weighted by Crippen LogP contribution is 2.29. The summed E-state index contributed by atoms with van der Waals surface area (Å²) in [4.78, 5) is 20.6. The number of alkyl halides is 3. The number of carbonyl (C=O) groups excluding carboxylic acids is 1. The molecule has 0 saturated carbocycles. The number of halogens is 4. The molecule has 1 atom stereocenters. The molecule has 1 amide bonds. The number of pyridine rings is 1. The summed E-state index contributed by atoms with van der Waals surface area (Å²) in [5.41, 5.74) is -0.00608. The van der Waals surface area contributed by atoms with Crippen molar-refractivity contribution in [3.63, 3.8) is 0 Å². The first-order valence-corrected chi connectivity index (χ1v) is 10.2. The molecule has 6 nitrogen and oxygen atoms in total. The summed E-state index contributed by atoms with van der Waals surface area (Å²) in [5, 5.41) is 16.1. The zero-order chi connectivity index (χ0) is 24.0. The van der Waals surface area contributed by atoms with Crippen LogP contribution in [0.25, 0.3) is 0 Å². The normalized spacial score (nSPS) is 12.8. The summed E-state index contributed by atoms with van der Waals surface area (Å²) in [6, 6.07) is 15.3. The Labute approximate surface area is 193 Å². The molecular weight excluding hydrogens is 457 g/mol. The van der Waals surface area contributed by atoms with Crippen molar-refractivity contribution in [3.05, 3.63) is 88.4 Å². The van der Waals surface area contributed by atoms with Gasteiger partial charge in [0.1, 0.15) is 11.7 Å². The Morgan fingerprint density at radius 3 is 2.45 bits per heavy atom. The van der Waals surface area contributed by atoms with E-state index in [9.17, 15) is 23.1 Å². The van der Waals surface area contributed by atoms with Crippen LogP contribution < -0.4 is 10.6 Å². The van der Waals surface area contributed by atoms with Crippen LogP contribution in [0.4, 0.5) is 19.0 Å². The molecule has 10 heteroatoms. The molecule has 2 aromatic carbocycles. The van der Waals surface area contributed by atoms with Crippen molar-refractivity contribution in [2.24, 2.45) is 4.99 Å². The number of carbonyl (C=O) groups is 1. The van der Waals surface area contributed by atoms with Gasteiger partial charge in [-0.15, -0.1) is 0 Å². The van der Waals surface area contributed by atoms with Crippen LogP contribution in [0, 0.1) is 0 Å². The van der Waals surface area contributed by atoms with Gasteiger partial charge in [0.2, 0.25) is 5.88 Å². The molecule has 0 fully saturated rings. The molecule has 0 saturated heterocycles. The van der Waals surface area contributed by atoms with Gasteiger partial charge in [-0.1, -0.05) is 29.8 Å². The number of rotatable bonds is 6. The second-order valence-corrected chi connectivity index (χ2v) is 7.53. The van der Waals surface area contributed by atoms with Gasteiger partial charge in [0, 0.05) is 22.7 Å². The number of nitrogens with zero attached hydrogens (tertiary/aromatic N) is 2. The fourth-order valence-electron chi connectivity index (χ4n) is 2.92. The van der Waals surface area contributed by atoms with Crippen molar-refractivity contribution in [3.8, 4) is 5.88 Å². The van der Waals surface area contributed by atoms with Crippen LogP contribution in [-0.4, -0.2) is 28.4 Å². The molecule has 0 spiro atoms. The van der Waals surface area contributed by atoms with Gasteiger partial charge in [-0.3, -0.25) is 4.79 Å². The van der Waals surface area contributed by atoms with Gasteiger partial charge < -0.3 is 15.7 Å². The van der Waals surface area contributed by atoms with Crippen molar-refractivity contribution in [1.29, 1.82) is 0 Å². The predicted molar refractivity (Wildman–Crippen MR) is 121 cm³/mol. The van der Waals surface area contributed by atoms with Gasteiger partial charge in [0.25, 0.3) is 5.91 Å². The van der Waals surface area contributed by atoms with Crippen LogP contribution in [0.15, 0.2) is 71.7 Å². The van der Waals surface area contributed by atoms with E-state index in [2.05, 4.69) is 20.6 Å². The summed E-state index contributed by atoms with van der Waals surface area (Å²) in [6.07, 6.45) is -4.50. The van der Waals surface area contributed by atoms with Crippen LogP contribution in [0.1, 0.15) is 34.5 Å². The average Bonchev–Trinajstić information content (AvgIpc) is 2.77. The maximum atomic E-state index is 12.8. The molecule has 3 N–H and O–H groups in total. The molecule has 33 heavy (non-hydrogen) atoms. The van der Waals surface area contributed by atoms with Crippen molar-refractivity contribution in [2.45, 2.75) is 19.1 Å². The number of aromatic hydroxyl groups is 1. The highest BCUT2D eigenvalue weighted by atomic mass is 35.5. The SMILES string of the molecule is CC(N/C(CNc1cccc(O)n1)=N/C(=O)c1ccc(C(F)(F)F)cc1)c1cccc(Cl)c1. The van der Waals surface area contributed by atoms with E-state index < -0.39 is 17.6 Å². The smallest absolute Gasteiger partial charge is 0.416 e. The largest absolute Gasteiger partial charge is 0.493 e. The minimum Gasteiger partial charge on any atom is -0.493 e. The maximum absolute atomic E-state index is 12.8. The Morgan fingerprint density at radius 1 is 1.12 bits per heavy atom. The van der Waals surface area contributed by atoms with Crippen LogP contribution >= 0.6 is 11.6 Å². The first-order chi connectivity index (χ1) is 15.6. The third kappa shape index (κ3) is 6.95. The number of nitrogens with one attached hydrogen (secondary N) is 2. The zero-order valence-electron chi connectivity index (χ0n) is 17.4. The van der Waals surface area contributed by atoms with Gasteiger partial charge in [0.15, 0.2) is 0 Å². The molecule has 1 aromatic heterocycles. The fourth-order valence-corrected chi connectivity index (χ4v) is 3.12. The Balaban J connectivity index is 1.82. The third-order valence-corrected chi connectivity index (χ3v) is 4.83. The molecule has 3 rings (SSSR count). The van der Waals surface area contributed by atoms with E-state index in [1.165, 1.54) is 6.07 Å². The van der Waals surface area contributed by atoms with Crippen LogP contribution in [-0.2, 0) is 6.18 Å². The van der Waals surface area contributed by atoms with Crippen LogP contribution in [0.2, 0.25) is 5.02 Å². The summed E-state index contributed by atoms with van der Waals surface area (Å²) < 4.78 is 38.4. The van der Waals surface area contributed by atoms with E-state index in [0.29, 0.717) is 10.8 Å². The summed E-state index contributed by atoms with van der Waals surface area (Å²) in [6.45, 7) is 1.88. The number of amidine groups is 1. The van der Waals surface area contributed by atoms with Crippen LogP contribution in [0.5, 0.6) is 5.88 Å². The molecule has 0 aliphatic heterocycles. The fraction of sp³-hybridized carbons (Fsp3) is 0.174. The minimum absolute atomic E-state index is 0.00758. The molecular formula is C23H20ClF3N4O2. The van der Waals surface area contributed by atoms with Gasteiger partial charge in [-0.2, -0.15) is 23.1 Å². The number of hydrogen-bond acceptors (Lipinski definition) is 4. The van der Waals surface area contributed by atoms with E-state index in [-0.39, 0.29) is 29.9 Å². The molecule has 0 aliphatic carbocycles. The molecule has 0 aliphatic rings. The average molecular weight is 477 g/mol. The van der Waals surface area contributed by atoms with Crippen molar-refractivity contribution < 1.29 is 23.1 Å². The molecule has 1 heterocycles. The van der Waals surface area contributed by atoms with Crippen molar-refractivity contribution >= 4 is 29.2 Å². The molecule has 1 unspecified atom stereocenters. The van der Waals surface area contributed by atoms with Gasteiger partial charge in [-0.25, -0.2) is 0 Å². The second-order valence-electron chi connectivity index (χ2n) is 7.09. The third-order valence-electron chi connectivity index (χ3n) is 4.60. The second kappa shape index (κ2) is 10.4. The molecule has 3 aromatic rings. The Bertz CT molecular complexity index is 1150. The van der Waals surface area contributed by atoms with Crippen LogP contribution in [0.3, 0.4) is 0 Å². The lowest BCUT2D eigenvalue weighted by Gasteiger charge is -2.18. The zero-order valence-corrected chi connectivity index (χ0v) is 18.2. The van der Waals surface area contributed by atoms with E-state index >= 15 is 0 Å². The number of amides is 1. The minimum atomic E-state index is -4.50. The molecule has 0 bridgehead atoms. The number of anilines is 1. The highest BCUT2D eigenvalue weighted by Gasteiger charge is 2.30. The topological polar surface area (TPSA) is 86.6 Å². The Hall–Kier alpha value is -3.59. The van der Waals surface area contributed by atoms with Crippen molar-refractivity contribution in [1.82, 2.24) is 10.3 Å². The number of benzene rings is 2. The predicted octanol–water partition coefficient (Wildman–Crippen LogP) is 5.46. The Morgan fingerprint density at radius 2 is 1.82 bits per heavy atom. The van der Waals surface area contributed by atoms with E-state index in [0.717, 1.165) is 29.8 Å². The lowest BCUT2D eigenvalue weighted by molar-refractivity contribution is -0.137. The van der Waals surface area contributed by atoms with Gasteiger partial charge in [-0.05, 0) is 55.0 Å². The van der Waals surface area contributed by atoms with Gasteiger partial charge >= 0.3 is 6.18 Å². The monoisotopic (exact) mass is 476 g/mol. The summed E-state index contributed by atoms with van der Waals surface area (Å²) in [7, 11) is 0. The molecule has 172 valence electrons. The summed E-state index contributed by atoms with van der Waals surface area (Å²) >= 11 is 6.05. The summed E-state index contributed by atoms with van der Waals surface area (Å²) in [5.74, 6) is -0.325. The Kier molecular flexibility index (Phi) is 7.55. The quantitative estimate of drug-likeness (QED) is 0.325. The highest BCUT2D eigenvalue weighted by molar-refractivity contribution is 6.30. The van der Waals surface area contributed by atoms with Gasteiger partial charge in [0.05, 0.1) is 12.1 Å². The lowest BCUT2D eigenvalue weighted by Crippen LogP contribution is -2.33. The van der Waals surface area contributed by atoms with Crippen molar-refractivity contribution in [2.75, 3.05) is 11.9 Å². The standard InChI is InChI=1S/C23H20ClF3N4O2/c1-14(16-4-2-5-18(24)12-16)29-20(13-28-19-6-3-7-21(32)30-19)31-22(33)15-8-10-17(11-9-15)23(25,26)27/h2-12,14H,13H2,1H3,(H2,28,30,32)(H,29,31,33). The lowest BCUT2D eigenvalue weighted by atomic mass is 10.1. The molecule has 0 radical (unpaired) electrons. The first kappa shape index (κ1) is 24.1. The van der Waals surface area contributed by atoms with E-state index in [1.54, 1.807) is 30.3 Å². The maximum Gasteiger partial charge on any atom is 0.416 e.